The Kier molecular flexibility index (Phi) is 4.41. The molecule has 4 heteroatoms. The maximum Gasteiger partial charge on any atom is 0.0524 e. The Labute approximate surface area is 121 Å². The summed E-state index contributed by atoms with van der Waals surface area (Å²) in [4.78, 5) is 2.70. The highest BCUT2D eigenvalue weighted by Gasteiger charge is 2.29. The molecule has 3 heterocycles. The topological polar surface area (TPSA) is 41.2 Å². The lowest BCUT2D eigenvalue weighted by Gasteiger charge is -2.40. The number of H-pyrrole nitrogens is 1. The second kappa shape index (κ2) is 6.27. The lowest BCUT2D eigenvalue weighted by atomic mass is 9.88. The first kappa shape index (κ1) is 14.1. The standard InChI is InChI=1S/C16H27N3O/c1-12(2)15-10-17-18-16(15)13-4-3-7-19(11-13)14-5-8-20-9-6-14/h10,12-14H,3-9,11H2,1-2H3,(H,17,18). The number of rotatable bonds is 3. The van der Waals surface area contributed by atoms with Gasteiger partial charge in [-0.3, -0.25) is 10.00 Å². The van der Waals surface area contributed by atoms with Crippen molar-refractivity contribution < 1.29 is 4.74 Å². The van der Waals surface area contributed by atoms with Crippen molar-refractivity contribution in [1.82, 2.24) is 15.1 Å². The Hall–Kier alpha value is -0.870. The molecule has 0 bridgehead atoms. The van der Waals surface area contributed by atoms with Crippen LogP contribution in [0, 0.1) is 0 Å². The number of hydrogen-bond donors (Lipinski definition) is 1. The highest BCUT2D eigenvalue weighted by Crippen LogP contribution is 2.32. The van der Waals surface area contributed by atoms with Gasteiger partial charge in [-0.05, 0) is 43.7 Å². The Balaban J connectivity index is 1.69. The summed E-state index contributed by atoms with van der Waals surface area (Å²) in [5.74, 6) is 1.19. The van der Waals surface area contributed by atoms with E-state index >= 15 is 0 Å². The first-order valence-corrected chi connectivity index (χ1v) is 8.10. The fourth-order valence-corrected chi connectivity index (χ4v) is 3.72. The molecule has 0 amide bonds. The van der Waals surface area contributed by atoms with Crippen molar-refractivity contribution in [2.45, 2.75) is 57.4 Å². The minimum atomic E-state index is 0.558. The molecule has 20 heavy (non-hydrogen) atoms. The molecule has 4 nitrogen and oxygen atoms in total. The number of nitrogens with one attached hydrogen (secondary N) is 1. The predicted molar refractivity (Wildman–Crippen MR) is 80.1 cm³/mol. The SMILES string of the molecule is CC(C)c1cn[nH]c1C1CCCN(C2CCOCC2)C1. The van der Waals surface area contributed by atoms with Crippen LogP contribution in [0.4, 0.5) is 0 Å². The molecule has 1 aromatic heterocycles. The molecule has 1 N–H and O–H groups in total. The molecule has 2 fully saturated rings. The highest BCUT2D eigenvalue weighted by atomic mass is 16.5. The molecular weight excluding hydrogens is 250 g/mol. The quantitative estimate of drug-likeness (QED) is 0.923. The molecular formula is C16H27N3O. The van der Waals surface area contributed by atoms with Gasteiger partial charge in [0.05, 0.1) is 6.20 Å². The third-order valence-corrected chi connectivity index (χ3v) is 4.89. The number of piperidine rings is 1. The summed E-state index contributed by atoms with van der Waals surface area (Å²) in [6.07, 6.45) is 7.02. The third-order valence-electron chi connectivity index (χ3n) is 4.89. The summed E-state index contributed by atoms with van der Waals surface area (Å²) in [6.45, 7) is 8.83. The summed E-state index contributed by atoms with van der Waals surface area (Å²) < 4.78 is 5.50. The number of ether oxygens (including phenoxy) is 1. The maximum absolute atomic E-state index is 5.50. The minimum Gasteiger partial charge on any atom is -0.381 e. The molecule has 2 aliphatic heterocycles. The zero-order valence-corrected chi connectivity index (χ0v) is 12.8. The first-order valence-electron chi connectivity index (χ1n) is 8.10. The van der Waals surface area contributed by atoms with E-state index in [1.165, 1.54) is 50.0 Å². The lowest BCUT2D eigenvalue weighted by molar-refractivity contribution is 0.0237. The predicted octanol–water partition coefficient (Wildman–Crippen LogP) is 2.89. The molecule has 2 saturated heterocycles. The Bertz CT molecular complexity index is 423. The third kappa shape index (κ3) is 2.91. The van der Waals surface area contributed by atoms with Gasteiger partial charge in [0.15, 0.2) is 0 Å². The number of aromatic amines is 1. The van der Waals surface area contributed by atoms with Crippen LogP contribution < -0.4 is 0 Å². The van der Waals surface area contributed by atoms with Gasteiger partial charge in [0.2, 0.25) is 0 Å². The zero-order valence-electron chi connectivity index (χ0n) is 12.8. The molecule has 0 aromatic carbocycles. The van der Waals surface area contributed by atoms with E-state index in [0.717, 1.165) is 19.3 Å². The van der Waals surface area contributed by atoms with Crippen LogP contribution in [0.2, 0.25) is 0 Å². The van der Waals surface area contributed by atoms with Crippen LogP contribution in [0.5, 0.6) is 0 Å². The highest BCUT2D eigenvalue weighted by molar-refractivity contribution is 5.24. The van der Waals surface area contributed by atoms with Gasteiger partial charge in [0.1, 0.15) is 0 Å². The van der Waals surface area contributed by atoms with Crippen molar-refractivity contribution in [2.24, 2.45) is 0 Å². The Morgan fingerprint density at radius 2 is 2.10 bits per heavy atom. The van der Waals surface area contributed by atoms with Crippen molar-refractivity contribution in [2.75, 3.05) is 26.3 Å². The van der Waals surface area contributed by atoms with Crippen molar-refractivity contribution in [3.8, 4) is 0 Å². The van der Waals surface area contributed by atoms with E-state index in [2.05, 4.69) is 28.9 Å². The Morgan fingerprint density at radius 3 is 2.85 bits per heavy atom. The van der Waals surface area contributed by atoms with Gasteiger partial charge in [-0.2, -0.15) is 5.10 Å². The molecule has 0 saturated carbocycles. The Morgan fingerprint density at radius 1 is 1.30 bits per heavy atom. The molecule has 1 aromatic rings. The fraction of sp³-hybridized carbons (Fsp3) is 0.812. The van der Waals surface area contributed by atoms with Crippen LogP contribution in [-0.4, -0.2) is 47.4 Å². The average molecular weight is 277 g/mol. The fourth-order valence-electron chi connectivity index (χ4n) is 3.72. The van der Waals surface area contributed by atoms with Gasteiger partial charge in [-0.1, -0.05) is 13.8 Å². The lowest BCUT2D eigenvalue weighted by Crippen LogP contribution is -2.44. The average Bonchev–Trinajstić information content (AvgIpc) is 2.98. The van der Waals surface area contributed by atoms with E-state index in [1.54, 1.807) is 0 Å². The van der Waals surface area contributed by atoms with Crippen LogP contribution in [-0.2, 0) is 4.74 Å². The number of aromatic nitrogens is 2. The van der Waals surface area contributed by atoms with Crippen LogP contribution >= 0.6 is 0 Å². The van der Waals surface area contributed by atoms with E-state index in [-0.39, 0.29) is 0 Å². The summed E-state index contributed by atoms with van der Waals surface area (Å²) in [6, 6.07) is 0.733. The summed E-state index contributed by atoms with van der Waals surface area (Å²) in [7, 11) is 0. The minimum absolute atomic E-state index is 0.558. The molecule has 112 valence electrons. The van der Waals surface area contributed by atoms with Gasteiger partial charge in [0, 0.05) is 37.4 Å². The van der Waals surface area contributed by atoms with E-state index in [1.807, 2.05) is 6.20 Å². The van der Waals surface area contributed by atoms with E-state index in [0.29, 0.717) is 11.8 Å². The first-order chi connectivity index (χ1) is 9.75. The maximum atomic E-state index is 5.50. The molecule has 0 aliphatic carbocycles. The van der Waals surface area contributed by atoms with Gasteiger partial charge < -0.3 is 4.74 Å². The second-order valence-electron chi connectivity index (χ2n) is 6.57. The molecule has 0 radical (unpaired) electrons. The zero-order chi connectivity index (χ0) is 13.9. The largest absolute Gasteiger partial charge is 0.381 e. The molecule has 1 atom stereocenters. The van der Waals surface area contributed by atoms with Gasteiger partial charge in [0.25, 0.3) is 0 Å². The summed E-state index contributed by atoms with van der Waals surface area (Å²) in [5, 5.41) is 7.57. The van der Waals surface area contributed by atoms with E-state index in [4.69, 9.17) is 4.74 Å². The number of hydrogen-bond acceptors (Lipinski definition) is 3. The summed E-state index contributed by atoms with van der Waals surface area (Å²) in [5.41, 5.74) is 2.79. The van der Waals surface area contributed by atoms with E-state index in [9.17, 15) is 0 Å². The van der Waals surface area contributed by atoms with Gasteiger partial charge >= 0.3 is 0 Å². The molecule has 1 unspecified atom stereocenters. The van der Waals surface area contributed by atoms with E-state index < -0.39 is 0 Å². The van der Waals surface area contributed by atoms with Crippen molar-refractivity contribution in [3.63, 3.8) is 0 Å². The van der Waals surface area contributed by atoms with Crippen LogP contribution in [0.3, 0.4) is 0 Å². The monoisotopic (exact) mass is 277 g/mol. The van der Waals surface area contributed by atoms with Gasteiger partial charge in [-0.25, -0.2) is 0 Å². The second-order valence-corrected chi connectivity index (χ2v) is 6.57. The smallest absolute Gasteiger partial charge is 0.0524 e. The van der Waals surface area contributed by atoms with Crippen molar-refractivity contribution in [1.29, 1.82) is 0 Å². The normalized spacial score (nSPS) is 26.2. The summed E-state index contributed by atoms with van der Waals surface area (Å²) >= 11 is 0. The van der Waals surface area contributed by atoms with Crippen molar-refractivity contribution in [3.05, 3.63) is 17.5 Å². The van der Waals surface area contributed by atoms with Gasteiger partial charge in [-0.15, -0.1) is 0 Å². The van der Waals surface area contributed by atoms with Crippen LogP contribution in [0.1, 0.15) is 62.6 Å². The number of nitrogens with zero attached hydrogens (tertiary/aromatic N) is 2. The van der Waals surface area contributed by atoms with Crippen molar-refractivity contribution >= 4 is 0 Å². The molecule has 0 spiro atoms. The number of likely N-dealkylation sites (tertiary alicyclic amines) is 1. The molecule has 2 aliphatic rings. The molecule has 3 rings (SSSR count). The van der Waals surface area contributed by atoms with Crippen LogP contribution in [0.15, 0.2) is 6.20 Å². The van der Waals surface area contributed by atoms with Crippen LogP contribution in [0.25, 0.3) is 0 Å².